The zero-order chi connectivity index (χ0) is 13.5. The maximum Gasteiger partial charge on any atom is 0.221 e. The number of hydrogen-bond acceptors (Lipinski definition) is 0. The van der Waals surface area contributed by atoms with Crippen molar-refractivity contribution in [2.24, 2.45) is 0 Å². The Morgan fingerprint density at radius 1 is 0.800 bits per heavy atom. The first-order valence-electron chi connectivity index (χ1n) is 6.80. The molecule has 0 aliphatic carbocycles. The fraction of sp³-hybridized carbons (Fsp3) is 0. The highest BCUT2D eigenvalue weighted by Crippen LogP contribution is 2.33. The maximum absolute atomic E-state index is 13.9. The van der Waals surface area contributed by atoms with E-state index in [1.807, 2.05) is 36.3 Å². The van der Waals surface area contributed by atoms with E-state index >= 15 is 0 Å². The molecule has 0 N–H and O–H groups in total. The van der Waals surface area contributed by atoms with Gasteiger partial charge in [0.15, 0.2) is 0 Å². The van der Waals surface area contributed by atoms with E-state index in [1.54, 1.807) is 0 Å². The van der Waals surface area contributed by atoms with Gasteiger partial charge in [-0.25, -0.2) is 4.39 Å². The molecule has 0 atom stereocenters. The maximum atomic E-state index is 13.9. The van der Waals surface area contributed by atoms with Gasteiger partial charge in [-0.1, -0.05) is 48.5 Å². The Bertz CT molecular complexity index is 890. The first-order chi connectivity index (χ1) is 9.83. The van der Waals surface area contributed by atoms with E-state index in [0.717, 1.165) is 21.9 Å². The van der Waals surface area contributed by atoms with Gasteiger partial charge in [-0.2, -0.15) is 0 Å². The topological polar surface area (TPSA) is 0 Å². The number of benzene rings is 3. The van der Waals surface area contributed by atoms with Crippen LogP contribution < -0.4 is 0 Å². The second-order valence-corrected chi connectivity index (χ2v) is 5.15. The molecule has 94 valence electrons. The fourth-order valence-corrected chi connectivity index (χ4v) is 2.92. The minimum Gasteiger partial charge on any atom is -0.222 e. The molecule has 1 aliphatic rings. The summed E-state index contributed by atoms with van der Waals surface area (Å²) >= 11 is 0. The van der Waals surface area contributed by atoms with E-state index < -0.39 is 0 Å². The standard InChI is InChI=1S/C18H12BF/c20-18-16(8-9-19-18)15-7-3-6-14-10-12-4-1-2-5-13(12)11-17(14)15/h1-11,19H. The molecular weight excluding hydrogens is 246 g/mol. The van der Waals surface area contributed by atoms with E-state index in [-0.39, 0.29) is 5.73 Å². The lowest BCUT2D eigenvalue weighted by molar-refractivity contribution is 0.697. The molecule has 0 unspecified atom stereocenters. The van der Waals surface area contributed by atoms with Crippen molar-refractivity contribution in [1.29, 1.82) is 0 Å². The van der Waals surface area contributed by atoms with Crippen LogP contribution in [0, 0.1) is 0 Å². The zero-order valence-electron chi connectivity index (χ0n) is 10.9. The molecule has 1 heterocycles. The van der Waals surface area contributed by atoms with Crippen molar-refractivity contribution < 1.29 is 4.39 Å². The van der Waals surface area contributed by atoms with Gasteiger partial charge in [0.25, 0.3) is 0 Å². The van der Waals surface area contributed by atoms with Gasteiger partial charge in [0, 0.05) is 5.57 Å². The molecule has 0 fully saturated rings. The lowest BCUT2D eigenvalue weighted by Gasteiger charge is -2.09. The number of fused-ring (bicyclic) bond motifs is 2. The van der Waals surface area contributed by atoms with Crippen molar-refractivity contribution in [3.05, 3.63) is 77.9 Å². The summed E-state index contributed by atoms with van der Waals surface area (Å²) in [6.45, 7) is 0. The van der Waals surface area contributed by atoms with Crippen molar-refractivity contribution in [2.75, 3.05) is 0 Å². The van der Waals surface area contributed by atoms with Crippen LogP contribution >= 0.6 is 0 Å². The third-order valence-corrected chi connectivity index (χ3v) is 3.91. The van der Waals surface area contributed by atoms with E-state index in [4.69, 9.17) is 0 Å². The molecule has 1 aliphatic heterocycles. The molecule has 3 aromatic carbocycles. The molecule has 0 radical (unpaired) electrons. The third-order valence-electron chi connectivity index (χ3n) is 3.91. The minimum atomic E-state index is -0.0364. The first kappa shape index (κ1) is 11.5. The summed E-state index contributed by atoms with van der Waals surface area (Å²) in [4.78, 5) is 0. The van der Waals surface area contributed by atoms with Crippen LogP contribution in [0.3, 0.4) is 0 Å². The number of halogens is 1. The number of allylic oxidation sites excluding steroid dienone is 2. The van der Waals surface area contributed by atoms with Crippen molar-refractivity contribution in [2.45, 2.75) is 0 Å². The average molecular weight is 258 g/mol. The van der Waals surface area contributed by atoms with E-state index in [1.165, 1.54) is 10.8 Å². The Hall–Kier alpha value is -2.35. The lowest BCUT2D eigenvalue weighted by Crippen LogP contribution is -1.87. The summed E-state index contributed by atoms with van der Waals surface area (Å²) in [6, 6.07) is 18.7. The van der Waals surface area contributed by atoms with Crippen molar-refractivity contribution in [3.8, 4) is 0 Å². The number of rotatable bonds is 1. The highest BCUT2D eigenvalue weighted by Gasteiger charge is 2.14. The normalized spacial score (nSPS) is 14.2. The summed E-state index contributed by atoms with van der Waals surface area (Å²) in [7, 11) is 0.416. The van der Waals surface area contributed by atoms with Gasteiger partial charge in [-0.15, -0.1) is 5.98 Å². The van der Waals surface area contributed by atoms with Crippen molar-refractivity contribution in [1.82, 2.24) is 0 Å². The molecule has 0 saturated heterocycles. The first-order valence-corrected chi connectivity index (χ1v) is 6.80. The average Bonchev–Trinajstić information content (AvgIpc) is 2.90. The predicted octanol–water partition coefficient (Wildman–Crippen LogP) is 4.59. The molecule has 0 bridgehead atoms. The Morgan fingerprint density at radius 3 is 2.30 bits per heavy atom. The van der Waals surface area contributed by atoms with Crippen LogP contribution in [-0.2, 0) is 0 Å². The van der Waals surface area contributed by atoms with Gasteiger partial charge in [0.05, 0.1) is 5.73 Å². The van der Waals surface area contributed by atoms with Crippen LogP contribution in [0.4, 0.5) is 4.39 Å². The fourth-order valence-electron chi connectivity index (χ4n) is 2.92. The van der Waals surface area contributed by atoms with E-state index in [2.05, 4.69) is 30.3 Å². The summed E-state index contributed by atoms with van der Waals surface area (Å²) in [6.07, 6.45) is 1.89. The zero-order valence-corrected chi connectivity index (χ0v) is 10.9. The van der Waals surface area contributed by atoms with Crippen LogP contribution in [0.15, 0.2) is 72.4 Å². The molecule has 0 spiro atoms. The largest absolute Gasteiger partial charge is 0.222 e. The number of hydrogen-bond donors (Lipinski definition) is 0. The van der Waals surface area contributed by atoms with Crippen molar-refractivity contribution >= 4 is 34.4 Å². The summed E-state index contributed by atoms with van der Waals surface area (Å²) in [5.74, 6) is 1.88. The van der Waals surface area contributed by atoms with Gasteiger partial charge < -0.3 is 0 Å². The van der Waals surface area contributed by atoms with Crippen LogP contribution in [-0.4, -0.2) is 7.28 Å². The summed E-state index contributed by atoms with van der Waals surface area (Å²) in [5, 5.41) is 4.67. The molecular formula is C18H12BF. The second-order valence-electron chi connectivity index (χ2n) is 5.15. The summed E-state index contributed by atoms with van der Waals surface area (Å²) < 4.78 is 13.9. The van der Waals surface area contributed by atoms with Crippen LogP contribution in [0.2, 0.25) is 0 Å². The Kier molecular flexibility index (Phi) is 2.49. The van der Waals surface area contributed by atoms with Gasteiger partial charge in [-0.05, 0) is 39.2 Å². The van der Waals surface area contributed by atoms with Gasteiger partial charge >= 0.3 is 0 Å². The van der Waals surface area contributed by atoms with E-state index in [0.29, 0.717) is 7.28 Å². The Morgan fingerprint density at radius 2 is 1.55 bits per heavy atom. The second kappa shape index (κ2) is 4.34. The Balaban J connectivity index is 2.09. The molecule has 4 rings (SSSR count). The van der Waals surface area contributed by atoms with Crippen LogP contribution in [0.5, 0.6) is 0 Å². The molecule has 0 nitrogen and oxygen atoms in total. The smallest absolute Gasteiger partial charge is 0.221 e. The SMILES string of the molecule is FC1=C(c2cccc3cc4ccccc4cc23)C=CB1. The summed E-state index contributed by atoms with van der Waals surface area (Å²) in [5.41, 5.74) is 1.68. The van der Waals surface area contributed by atoms with Gasteiger partial charge in [0.2, 0.25) is 7.28 Å². The van der Waals surface area contributed by atoms with Gasteiger partial charge in [-0.3, -0.25) is 0 Å². The lowest BCUT2D eigenvalue weighted by atomic mass is 9.79. The Labute approximate surface area is 117 Å². The molecule has 0 amide bonds. The van der Waals surface area contributed by atoms with Crippen LogP contribution in [0.1, 0.15) is 5.56 Å². The highest BCUT2D eigenvalue weighted by atomic mass is 19.1. The molecule has 2 heteroatoms. The molecule has 0 saturated carbocycles. The monoisotopic (exact) mass is 258 g/mol. The van der Waals surface area contributed by atoms with Gasteiger partial charge in [0.1, 0.15) is 0 Å². The van der Waals surface area contributed by atoms with E-state index in [9.17, 15) is 4.39 Å². The predicted molar refractivity (Wildman–Crippen MR) is 85.8 cm³/mol. The molecule has 20 heavy (non-hydrogen) atoms. The third kappa shape index (κ3) is 1.69. The molecule has 3 aromatic rings. The van der Waals surface area contributed by atoms with Crippen LogP contribution in [0.25, 0.3) is 27.1 Å². The highest BCUT2D eigenvalue weighted by molar-refractivity contribution is 6.54. The quantitative estimate of drug-likeness (QED) is 0.442. The minimum absolute atomic E-state index is 0.0364. The molecule has 0 aromatic heterocycles. The van der Waals surface area contributed by atoms with Crippen molar-refractivity contribution in [3.63, 3.8) is 0 Å².